The highest BCUT2D eigenvalue weighted by Gasteiger charge is 2.20. The summed E-state index contributed by atoms with van der Waals surface area (Å²) in [6.45, 7) is 1.04. The van der Waals surface area contributed by atoms with E-state index in [4.69, 9.17) is 0 Å². The quantitative estimate of drug-likeness (QED) is 0.817. The van der Waals surface area contributed by atoms with Crippen LogP contribution in [0.3, 0.4) is 0 Å². The van der Waals surface area contributed by atoms with Crippen molar-refractivity contribution in [1.29, 1.82) is 0 Å². The molecule has 1 fully saturated rings. The average molecular weight is 322 g/mol. The van der Waals surface area contributed by atoms with Crippen LogP contribution < -0.4 is 10.6 Å². The van der Waals surface area contributed by atoms with Crippen LogP contribution in [0.15, 0.2) is 60.7 Å². The molecule has 3 nitrogen and oxygen atoms in total. The summed E-state index contributed by atoms with van der Waals surface area (Å²) in [5, 5.41) is 6.65. The van der Waals surface area contributed by atoms with Crippen LogP contribution in [0.25, 0.3) is 0 Å². The third-order valence-corrected chi connectivity index (χ3v) is 4.70. The van der Waals surface area contributed by atoms with Gasteiger partial charge < -0.3 is 10.6 Å². The standard InChI is InChI=1S/C21H26N2O/c24-21(16-19-12-7-15-22-19)23-20(18-10-5-2-6-11-18)14-13-17-8-3-1-4-9-17/h1-6,8-11,19-20,22H,7,12-16H2,(H,23,24). The topological polar surface area (TPSA) is 41.1 Å². The van der Waals surface area contributed by atoms with Gasteiger partial charge >= 0.3 is 0 Å². The molecule has 2 unspecified atom stereocenters. The number of hydrogen-bond acceptors (Lipinski definition) is 2. The average Bonchev–Trinajstić information content (AvgIpc) is 3.13. The maximum atomic E-state index is 12.4. The molecule has 0 saturated carbocycles. The number of nitrogens with one attached hydrogen (secondary N) is 2. The summed E-state index contributed by atoms with van der Waals surface area (Å²) >= 11 is 0. The first-order valence-corrected chi connectivity index (χ1v) is 8.93. The Balaban J connectivity index is 1.62. The van der Waals surface area contributed by atoms with Crippen molar-refractivity contribution in [2.75, 3.05) is 6.54 Å². The highest BCUT2D eigenvalue weighted by molar-refractivity contribution is 5.77. The van der Waals surface area contributed by atoms with E-state index >= 15 is 0 Å². The molecule has 1 aliphatic rings. The minimum absolute atomic E-state index is 0.0697. The second kappa shape index (κ2) is 8.65. The maximum Gasteiger partial charge on any atom is 0.222 e. The zero-order valence-corrected chi connectivity index (χ0v) is 14.1. The highest BCUT2D eigenvalue weighted by atomic mass is 16.1. The van der Waals surface area contributed by atoms with Crippen LogP contribution in [0.4, 0.5) is 0 Å². The summed E-state index contributed by atoms with van der Waals surface area (Å²) in [4.78, 5) is 12.4. The summed E-state index contributed by atoms with van der Waals surface area (Å²) in [6, 6.07) is 21.2. The van der Waals surface area contributed by atoms with Crippen molar-refractivity contribution in [3.8, 4) is 0 Å². The lowest BCUT2D eigenvalue weighted by molar-refractivity contribution is -0.122. The Morgan fingerprint density at radius 1 is 1.08 bits per heavy atom. The number of rotatable bonds is 7. The number of carbonyl (C=O) groups is 1. The van der Waals surface area contributed by atoms with E-state index in [1.807, 2.05) is 24.3 Å². The lowest BCUT2D eigenvalue weighted by Gasteiger charge is -2.20. The largest absolute Gasteiger partial charge is 0.349 e. The molecular formula is C21H26N2O. The number of amides is 1. The SMILES string of the molecule is O=C(CC1CCCN1)NC(CCc1ccccc1)c1ccccc1. The molecule has 1 aliphatic heterocycles. The second-order valence-electron chi connectivity index (χ2n) is 6.55. The van der Waals surface area contributed by atoms with Gasteiger partial charge in [-0.3, -0.25) is 4.79 Å². The molecule has 2 N–H and O–H groups in total. The monoisotopic (exact) mass is 322 g/mol. The number of carbonyl (C=O) groups excluding carboxylic acids is 1. The summed E-state index contributed by atoms with van der Waals surface area (Å²) in [5.74, 6) is 0.149. The minimum atomic E-state index is 0.0697. The van der Waals surface area contributed by atoms with Crippen LogP contribution in [0.2, 0.25) is 0 Å². The maximum absolute atomic E-state index is 12.4. The first kappa shape index (κ1) is 16.7. The van der Waals surface area contributed by atoms with Crippen LogP contribution in [-0.2, 0) is 11.2 Å². The van der Waals surface area contributed by atoms with Gasteiger partial charge in [-0.25, -0.2) is 0 Å². The fourth-order valence-corrected chi connectivity index (χ4v) is 3.37. The van der Waals surface area contributed by atoms with E-state index in [0.29, 0.717) is 12.5 Å². The molecule has 2 atom stereocenters. The summed E-state index contributed by atoms with van der Waals surface area (Å²) < 4.78 is 0. The van der Waals surface area contributed by atoms with Crippen molar-refractivity contribution >= 4 is 5.91 Å². The van der Waals surface area contributed by atoms with Crippen molar-refractivity contribution in [3.05, 3.63) is 71.8 Å². The van der Waals surface area contributed by atoms with Crippen molar-refractivity contribution in [2.45, 2.75) is 44.2 Å². The molecule has 1 heterocycles. The Bertz CT molecular complexity index is 621. The molecule has 3 heteroatoms. The Morgan fingerprint density at radius 2 is 1.79 bits per heavy atom. The molecule has 3 rings (SSSR count). The Kier molecular flexibility index (Phi) is 6.02. The molecule has 0 spiro atoms. The third kappa shape index (κ3) is 4.93. The molecule has 0 aromatic heterocycles. The summed E-state index contributed by atoms with van der Waals surface area (Å²) in [7, 11) is 0. The van der Waals surface area contributed by atoms with Crippen LogP contribution >= 0.6 is 0 Å². The molecule has 1 amide bonds. The summed E-state index contributed by atoms with van der Waals surface area (Å²) in [5.41, 5.74) is 2.49. The predicted octanol–water partition coefficient (Wildman–Crippen LogP) is 3.62. The van der Waals surface area contributed by atoms with E-state index in [1.165, 1.54) is 17.5 Å². The Morgan fingerprint density at radius 3 is 2.46 bits per heavy atom. The van der Waals surface area contributed by atoms with Gasteiger partial charge in [-0.15, -0.1) is 0 Å². The van der Waals surface area contributed by atoms with Gasteiger partial charge in [0.2, 0.25) is 5.91 Å². The van der Waals surface area contributed by atoms with E-state index in [9.17, 15) is 4.79 Å². The van der Waals surface area contributed by atoms with Crippen molar-refractivity contribution in [3.63, 3.8) is 0 Å². The molecule has 1 saturated heterocycles. The normalized spacial score (nSPS) is 18.2. The van der Waals surface area contributed by atoms with Crippen LogP contribution in [0.1, 0.15) is 42.9 Å². The second-order valence-corrected chi connectivity index (χ2v) is 6.55. The molecule has 2 aromatic rings. The van der Waals surface area contributed by atoms with E-state index in [-0.39, 0.29) is 11.9 Å². The summed E-state index contributed by atoms with van der Waals surface area (Å²) in [6.07, 6.45) is 4.73. The smallest absolute Gasteiger partial charge is 0.222 e. The van der Waals surface area contributed by atoms with Crippen LogP contribution in [-0.4, -0.2) is 18.5 Å². The highest BCUT2D eigenvalue weighted by Crippen LogP contribution is 2.20. The van der Waals surface area contributed by atoms with Crippen molar-refractivity contribution in [1.82, 2.24) is 10.6 Å². The lowest BCUT2D eigenvalue weighted by Crippen LogP contribution is -2.34. The molecule has 0 radical (unpaired) electrons. The first-order chi connectivity index (χ1) is 11.8. The van der Waals surface area contributed by atoms with Gasteiger partial charge in [-0.05, 0) is 43.4 Å². The molecule has 2 aromatic carbocycles. The van der Waals surface area contributed by atoms with Crippen LogP contribution in [0, 0.1) is 0 Å². The fraction of sp³-hybridized carbons (Fsp3) is 0.381. The lowest BCUT2D eigenvalue weighted by atomic mass is 9.98. The predicted molar refractivity (Wildman–Crippen MR) is 97.7 cm³/mol. The van der Waals surface area contributed by atoms with Crippen LogP contribution in [0.5, 0.6) is 0 Å². The van der Waals surface area contributed by atoms with Gasteiger partial charge in [0.15, 0.2) is 0 Å². The van der Waals surface area contributed by atoms with Crippen molar-refractivity contribution in [2.24, 2.45) is 0 Å². The Hall–Kier alpha value is -2.13. The van der Waals surface area contributed by atoms with Gasteiger partial charge in [0.25, 0.3) is 0 Å². The minimum Gasteiger partial charge on any atom is -0.349 e. The van der Waals surface area contributed by atoms with Gasteiger partial charge in [-0.2, -0.15) is 0 Å². The van der Waals surface area contributed by atoms with E-state index in [1.54, 1.807) is 0 Å². The first-order valence-electron chi connectivity index (χ1n) is 8.93. The van der Waals surface area contributed by atoms with Crippen molar-refractivity contribution < 1.29 is 4.79 Å². The van der Waals surface area contributed by atoms with E-state index in [2.05, 4.69) is 47.0 Å². The zero-order valence-electron chi connectivity index (χ0n) is 14.1. The van der Waals surface area contributed by atoms with Gasteiger partial charge in [0.05, 0.1) is 6.04 Å². The zero-order chi connectivity index (χ0) is 16.6. The van der Waals surface area contributed by atoms with Gasteiger partial charge in [0, 0.05) is 12.5 Å². The van der Waals surface area contributed by atoms with Gasteiger partial charge in [-0.1, -0.05) is 60.7 Å². The van der Waals surface area contributed by atoms with Gasteiger partial charge in [0.1, 0.15) is 0 Å². The van der Waals surface area contributed by atoms with E-state index < -0.39 is 0 Å². The number of aryl methyl sites for hydroxylation is 1. The Labute approximate surface area is 144 Å². The number of benzene rings is 2. The molecule has 0 aliphatic carbocycles. The molecule has 126 valence electrons. The molecule has 24 heavy (non-hydrogen) atoms. The van der Waals surface area contributed by atoms with E-state index in [0.717, 1.165) is 25.8 Å². The molecular weight excluding hydrogens is 296 g/mol. The third-order valence-electron chi connectivity index (χ3n) is 4.70. The number of hydrogen-bond donors (Lipinski definition) is 2. The fourth-order valence-electron chi connectivity index (χ4n) is 3.37. The molecule has 0 bridgehead atoms.